The second-order valence-corrected chi connectivity index (χ2v) is 6.17. The summed E-state index contributed by atoms with van der Waals surface area (Å²) in [5.41, 5.74) is 6.00. The van der Waals surface area contributed by atoms with Gasteiger partial charge in [-0.05, 0) is 50.5 Å². The molecular formula is C15H30N2. The molecular weight excluding hydrogens is 208 g/mol. The van der Waals surface area contributed by atoms with Crippen molar-refractivity contribution in [2.45, 2.75) is 70.9 Å². The molecule has 2 heteroatoms. The number of piperidine rings is 1. The van der Waals surface area contributed by atoms with Gasteiger partial charge in [0.25, 0.3) is 0 Å². The van der Waals surface area contributed by atoms with Crippen LogP contribution in [0.15, 0.2) is 0 Å². The lowest BCUT2D eigenvalue weighted by Gasteiger charge is -2.42. The lowest BCUT2D eigenvalue weighted by molar-refractivity contribution is 0.0708. The minimum Gasteiger partial charge on any atom is -0.329 e. The van der Waals surface area contributed by atoms with E-state index in [4.69, 9.17) is 5.73 Å². The van der Waals surface area contributed by atoms with Gasteiger partial charge in [-0.2, -0.15) is 0 Å². The van der Waals surface area contributed by atoms with Crippen LogP contribution in [0, 0.1) is 11.8 Å². The predicted octanol–water partition coefficient (Wildman–Crippen LogP) is 3.01. The maximum Gasteiger partial charge on any atom is 0.0223 e. The van der Waals surface area contributed by atoms with Gasteiger partial charge in [-0.15, -0.1) is 0 Å². The molecule has 0 aromatic heterocycles. The highest BCUT2D eigenvalue weighted by Crippen LogP contribution is 2.35. The zero-order valence-corrected chi connectivity index (χ0v) is 11.7. The van der Waals surface area contributed by atoms with Crippen molar-refractivity contribution in [3.63, 3.8) is 0 Å². The monoisotopic (exact) mass is 238 g/mol. The first-order chi connectivity index (χ1) is 8.28. The highest BCUT2D eigenvalue weighted by Gasteiger charge is 2.35. The van der Waals surface area contributed by atoms with Crippen LogP contribution in [0.4, 0.5) is 0 Å². The Balaban J connectivity index is 1.91. The topological polar surface area (TPSA) is 29.3 Å². The van der Waals surface area contributed by atoms with E-state index in [1.807, 2.05) is 0 Å². The predicted molar refractivity (Wildman–Crippen MR) is 74.0 cm³/mol. The van der Waals surface area contributed by atoms with E-state index in [0.717, 1.165) is 24.4 Å². The minimum absolute atomic E-state index is 0.675. The summed E-state index contributed by atoms with van der Waals surface area (Å²) in [4.78, 5) is 2.77. The van der Waals surface area contributed by atoms with Crippen LogP contribution in [-0.4, -0.2) is 30.1 Å². The van der Waals surface area contributed by atoms with Gasteiger partial charge in [0.2, 0.25) is 0 Å². The van der Waals surface area contributed by atoms with Crippen LogP contribution in [0.25, 0.3) is 0 Å². The number of likely N-dealkylation sites (tertiary alicyclic amines) is 1. The summed E-state index contributed by atoms with van der Waals surface area (Å²) < 4.78 is 0. The maximum atomic E-state index is 6.00. The van der Waals surface area contributed by atoms with Crippen molar-refractivity contribution in [2.24, 2.45) is 17.6 Å². The summed E-state index contributed by atoms with van der Waals surface area (Å²) in [6.45, 7) is 6.85. The van der Waals surface area contributed by atoms with E-state index in [1.165, 1.54) is 51.5 Å². The van der Waals surface area contributed by atoms with Crippen LogP contribution in [-0.2, 0) is 0 Å². The van der Waals surface area contributed by atoms with E-state index < -0.39 is 0 Å². The number of nitrogens with two attached hydrogens (primary N) is 1. The van der Waals surface area contributed by atoms with Crippen molar-refractivity contribution >= 4 is 0 Å². The molecule has 2 N–H and O–H groups in total. The molecule has 2 fully saturated rings. The lowest BCUT2D eigenvalue weighted by atomic mass is 9.87. The lowest BCUT2D eigenvalue weighted by Crippen LogP contribution is -2.50. The first-order valence-corrected chi connectivity index (χ1v) is 7.74. The summed E-state index contributed by atoms with van der Waals surface area (Å²) >= 11 is 0. The molecule has 0 bridgehead atoms. The fraction of sp³-hybridized carbons (Fsp3) is 1.00. The van der Waals surface area contributed by atoms with Crippen LogP contribution in [0.2, 0.25) is 0 Å². The Morgan fingerprint density at radius 1 is 1.00 bits per heavy atom. The molecule has 1 saturated carbocycles. The molecule has 4 atom stereocenters. The van der Waals surface area contributed by atoms with Gasteiger partial charge in [-0.1, -0.05) is 26.7 Å². The minimum atomic E-state index is 0.675. The molecule has 0 radical (unpaired) electrons. The Hall–Kier alpha value is -0.0800. The standard InChI is InChI=1S/C15H30N2/c1-3-12-5-6-14(9-12)17-8-7-13(4-2)10-15(17)11-16/h12-15H,3-11,16H2,1-2H3. The highest BCUT2D eigenvalue weighted by atomic mass is 15.2. The molecule has 0 aromatic carbocycles. The Morgan fingerprint density at radius 2 is 1.71 bits per heavy atom. The number of hydrogen-bond acceptors (Lipinski definition) is 2. The summed E-state index contributed by atoms with van der Waals surface area (Å²) in [6.07, 6.45) is 9.77. The molecule has 1 saturated heterocycles. The smallest absolute Gasteiger partial charge is 0.0223 e. The molecule has 0 spiro atoms. The van der Waals surface area contributed by atoms with Crippen LogP contribution in [0.3, 0.4) is 0 Å². The quantitative estimate of drug-likeness (QED) is 0.816. The zero-order chi connectivity index (χ0) is 12.3. The Morgan fingerprint density at radius 3 is 2.29 bits per heavy atom. The Bertz CT molecular complexity index is 227. The molecule has 1 aliphatic heterocycles. The second-order valence-electron chi connectivity index (χ2n) is 6.17. The fourth-order valence-electron chi connectivity index (χ4n) is 3.96. The SMILES string of the molecule is CCC1CCN(C2CCC(CC)C2)C(CN)C1. The van der Waals surface area contributed by atoms with Gasteiger partial charge in [0.15, 0.2) is 0 Å². The van der Waals surface area contributed by atoms with Crippen LogP contribution < -0.4 is 5.73 Å². The Labute approximate surface area is 107 Å². The maximum absolute atomic E-state index is 6.00. The molecule has 0 aromatic rings. The van der Waals surface area contributed by atoms with Gasteiger partial charge in [0.05, 0.1) is 0 Å². The van der Waals surface area contributed by atoms with E-state index in [2.05, 4.69) is 18.7 Å². The second kappa shape index (κ2) is 6.19. The average Bonchev–Trinajstić information content (AvgIpc) is 2.86. The summed E-state index contributed by atoms with van der Waals surface area (Å²) in [5.74, 6) is 1.92. The van der Waals surface area contributed by atoms with Gasteiger partial charge in [-0.25, -0.2) is 0 Å². The average molecular weight is 238 g/mol. The molecule has 2 rings (SSSR count). The van der Waals surface area contributed by atoms with Gasteiger partial charge in [-0.3, -0.25) is 4.90 Å². The van der Waals surface area contributed by atoms with Gasteiger partial charge >= 0.3 is 0 Å². The number of rotatable bonds is 4. The van der Waals surface area contributed by atoms with Crippen molar-refractivity contribution in [1.29, 1.82) is 0 Å². The molecule has 2 nitrogen and oxygen atoms in total. The van der Waals surface area contributed by atoms with Crippen molar-refractivity contribution in [3.8, 4) is 0 Å². The first kappa shape index (κ1) is 13.4. The number of hydrogen-bond donors (Lipinski definition) is 1. The molecule has 4 unspecified atom stereocenters. The first-order valence-electron chi connectivity index (χ1n) is 7.74. The molecule has 100 valence electrons. The van der Waals surface area contributed by atoms with Crippen LogP contribution in [0.5, 0.6) is 0 Å². The third-order valence-electron chi connectivity index (χ3n) is 5.28. The van der Waals surface area contributed by atoms with Gasteiger partial charge < -0.3 is 5.73 Å². The van der Waals surface area contributed by atoms with E-state index in [0.29, 0.717) is 6.04 Å². The summed E-state index contributed by atoms with van der Waals surface area (Å²) in [6, 6.07) is 1.53. The van der Waals surface area contributed by atoms with Crippen LogP contribution in [0.1, 0.15) is 58.8 Å². The van der Waals surface area contributed by atoms with Crippen molar-refractivity contribution in [2.75, 3.05) is 13.1 Å². The third kappa shape index (κ3) is 3.03. The zero-order valence-electron chi connectivity index (χ0n) is 11.7. The van der Waals surface area contributed by atoms with Crippen molar-refractivity contribution < 1.29 is 0 Å². The van der Waals surface area contributed by atoms with Crippen LogP contribution >= 0.6 is 0 Å². The summed E-state index contributed by atoms with van der Waals surface area (Å²) in [7, 11) is 0. The highest BCUT2D eigenvalue weighted by molar-refractivity contribution is 4.90. The molecule has 1 aliphatic carbocycles. The molecule has 2 aliphatic rings. The van der Waals surface area contributed by atoms with E-state index in [1.54, 1.807) is 0 Å². The normalized spacial score (nSPS) is 39.7. The van der Waals surface area contributed by atoms with Gasteiger partial charge in [0.1, 0.15) is 0 Å². The van der Waals surface area contributed by atoms with E-state index in [-0.39, 0.29) is 0 Å². The van der Waals surface area contributed by atoms with E-state index >= 15 is 0 Å². The van der Waals surface area contributed by atoms with Crippen molar-refractivity contribution in [3.05, 3.63) is 0 Å². The van der Waals surface area contributed by atoms with Crippen molar-refractivity contribution in [1.82, 2.24) is 4.90 Å². The summed E-state index contributed by atoms with van der Waals surface area (Å²) in [5, 5.41) is 0. The Kier molecular flexibility index (Phi) is 4.87. The third-order valence-corrected chi connectivity index (χ3v) is 5.28. The molecule has 17 heavy (non-hydrogen) atoms. The van der Waals surface area contributed by atoms with Gasteiger partial charge in [0, 0.05) is 18.6 Å². The fourth-order valence-corrected chi connectivity index (χ4v) is 3.96. The molecule has 0 amide bonds. The molecule has 1 heterocycles. The number of nitrogens with zero attached hydrogens (tertiary/aromatic N) is 1. The van der Waals surface area contributed by atoms with E-state index in [9.17, 15) is 0 Å². The largest absolute Gasteiger partial charge is 0.329 e.